The summed E-state index contributed by atoms with van der Waals surface area (Å²) >= 11 is 3.61. The van der Waals surface area contributed by atoms with Crippen LogP contribution in [0.4, 0.5) is 0 Å². The van der Waals surface area contributed by atoms with Crippen LogP contribution in [0, 0.1) is 20.8 Å². The zero-order valence-corrected chi connectivity index (χ0v) is 14.4. The molecule has 0 fully saturated rings. The SMILES string of the molecule is COc1c(C(NN)c2cc(C)ccc2Br)ccc(C)c1C. The van der Waals surface area contributed by atoms with E-state index in [1.54, 1.807) is 7.11 Å². The van der Waals surface area contributed by atoms with Gasteiger partial charge >= 0.3 is 0 Å². The topological polar surface area (TPSA) is 47.3 Å². The predicted molar refractivity (Wildman–Crippen MR) is 90.5 cm³/mol. The number of ether oxygens (including phenoxy) is 1. The van der Waals surface area contributed by atoms with E-state index in [0.29, 0.717) is 0 Å². The minimum absolute atomic E-state index is 0.131. The summed E-state index contributed by atoms with van der Waals surface area (Å²) in [5.41, 5.74) is 8.58. The van der Waals surface area contributed by atoms with Crippen molar-refractivity contribution in [2.75, 3.05) is 7.11 Å². The van der Waals surface area contributed by atoms with Crippen molar-refractivity contribution in [1.29, 1.82) is 0 Å². The van der Waals surface area contributed by atoms with E-state index in [0.717, 1.165) is 26.9 Å². The Bertz CT molecular complexity index is 655. The first-order valence-electron chi connectivity index (χ1n) is 6.85. The normalized spacial score (nSPS) is 12.3. The van der Waals surface area contributed by atoms with E-state index in [-0.39, 0.29) is 6.04 Å². The van der Waals surface area contributed by atoms with Crippen molar-refractivity contribution in [3.05, 3.63) is 62.6 Å². The van der Waals surface area contributed by atoms with Crippen LogP contribution >= 0.6 is 15.9 Å². The third-order valence-electron chi connectivity index (χ3n) is 3.85. The van der Waals surface area contributed by atoms with E-state index >= 15 is 0 Å². The van der Waals surface area contributed by atoms with E-state index in [2.05, 4.69) is 66.4 Å². The number of halogens is 1. The fourth-order valence-electron chi connectivity index (χ4n) is 2.54. The Balaban J connectivity index is 2.62. The number of hydrogen-bond donors (Lipinski definition) is 2. The van der Waals surface area contributed by atoms with E-state index in [1.165, 1.54) is 11.1 Å². The molecular formula is C17H21BrN2O. The Hall–Kier alpha value is -1.36. The van der Waals surface area contributed by atoms with Crippen molar-refractivity contribution in [2.45, 2.75) is 26.8 Å². The standard InChI is InChI=1S/C17H21BrN2O/c1-10-5-8-15(18)14(9-10)16(20-19)13-7-6-11(2)12(3)17(13)21-4/h5-9,16,20H,19H2,1-4H3. The van der Waals surface area contributed by atoms with Gasteiger partial charge in [-0.05, 0) is 43.5 Å². The summed E-state index contributed by atoms with van der Waals surface area (Å²) < 4.78 is 6.64. The van der Waals surface area contributed by atoms with Gasteiger partial charge in [-0.1, -0.05) is 45.8 Å². The molecular weight excluding hydrogens is 328 g/mol. The number of methoxy groups -OCH3 is 1. The molecule has 112 valence electrons. The number of aryl methyl sites for hydroxylation is 2. The second kappa shape index (κ2) is 6.60. The van der Waals surface area contributed by atoms with Crippen LogP contribution < -0.4 is 16.0 Å². The quantitative estimate of drug-likeness (QED) is 0.649. The van der Waals surface area contributed by atoms with Gasteiger partial charge in [0, 0.05) is 10.0 Å². The molecule has 2 aromatic carbocycles. The first kappa shape index (κ1) is 16.0. The Kier molecular flexibility index (Phi) is 5.04. The number of hydrogen-bond acceptors (Lipinski definition) is 3. The lowest BCUT2D eigenvalue weighted by Crippen LogP contribution is -2.29. The first-order chi connectivity index (χ1) is 9.99. The highest BCUT2D eigenvalue weighted by molar-refractivity contribution is 9.10. The van der Waals surface area contributed by atoms with Crippen molar-refractivity contribution >= 4 is 15.9 Å². The molecule has 2 rings (SSSR count). The largest absolute Gasteiger partial charge is 0.496 e. The fraction of sp³-hybridized carbons (Fsp3) is 0.294. The molecule has 4 heteroatoms. The van der Waals surface area contributed by atoms with Gasteiger partial charge in [-0.3, -0.25) is 5.84 Å². The number of rotatable bonds is 4. The summed E-state index contributed by atoms with van der Waals surface area (Å²) in [5, 5.41) is 0. The van der Waals surface area contributed by atoms with Crippen molar-refractivity contribution in [1.82, 2.24) is 5.43 Å². The third-order valence-corrected chi connectivity index (χ3v) is 4.57. The first-order valence-corrected chi connectivity index (χ1v) is 7.65. The van der Waals surface area contributed by atoms with E-state index in [9.17, 15) is 0 Å². The molecule has 0 spiro atoms. The summed E-state index contributed by atoms with van der Waals surface area (Å²) in [6.45, 7) is 6.22. The maximum atomic E-state index is 5.84. The Labute approximate surface area is 134 Å². The van der Waals surface area contributed by atoms with Crippen LogP contribution in [-0.2, 0) is 0 Å². The van der Waals surface area contributed by atoms with Crippen molar-refractivity contribution in [2.24, 2.45) is 5.84 Å². The predicted octanol–water partition coefficient (Wildman–Crippen LogP) is 3.94. The number of nitrogens with two attached hydrogens (primary N) is 1. The molecule has 0 amide bonds. The van der Waals surface area contributed by atoms with Gasteiger partial charge in [0.25, 0.3) is 0 Å². The van der Waals surface area contributed by atoms with Crippen LogP contribution in [-0.4, -0.2) is 7.11 Å². The maximum absolute atomic E-state index is 5.84. The second-order valence-electron chi connectivity index (χ2n) is 5.25. The Morgan fingerprint density at radius 2 is 1.81 bits per heavy atom. The Morgan fingerprint density at radius 1 is 1.10 bits per heavy atom. The van der Waals surface area contributed by atoms with Crippen molar-refractivity contribution in [3.8, 4) is 5.75 Å². The average Bonchev–Trinajstić information content (AvgIpc) is 2.47. The number of nitrogens with one attached hydrogen (secondary N) is 1. The van der Waals surface area contributed by atoms with Crippen LogP contribution in [0.2, 0.25) is 0 Å². The molecule has 0 aliphatic heterocycles. The highest BCUT2D eigenvalue weighted by Gasteiger charge is 2.21. The molecule has 1 atom stereocenters. The molecule has 0 aromatic heterocycles. The van der Waals surface area contributed by atoms with Gasteiger partial charge in [0.05, 0.1) is 13.2 Å². The maximum Gasteiger partial charge on any atom is 0.127 e. The van der Waals surface area contributed by atoms with Gasteiger partial charge in [-0.2, -0.15) is 0 Å². The summed E-state index contributed by atoms with van der Waals surface area (Å²) in [7, 11) is 1.70. The summed E-state index contributed by atoms with van der Waals surface area (Å²) in [6.07, 6.45) is 0. The molecule has 0 saturated heterocycles. The van der Waals surface area contributed by atoms with Crippen molar-refractivity contribution in [3.63, 3.8) is 0 Å². The molecule has 1 unspecified atom stereocenters. The monoisotopic (exact) mass is 348 g/mol. The van der Waals surface area contributed by atoms with E-state index in [1.807, 2.05) is 6.07 Å². The molecule has 0 saturated carbocycles. The second-order valence-corrected chi connectivity index (χ2v) is 6.11. The lowest BCUT2D eigenvalue weighted by molar-refractivity contribution is 0.400. The van der Waals surface area contributed by atoms with E-state index in [4.69, 9.17) is 10.6 Å². The third kappa shape index (κ3) is 3.12. The highest BCUT2D eigenvalue weighted by atomic mass is 79.9. The highest BCUT2D eigenvalue weighted by Crippen LogP contribution is 2.36. The fourth-order valence-corrected chi connectivity index (χ4v) is 3.02. The molecule has 3 nitrogen and oxygen atoms in total. The Morgan fingerprint density at radius 3 is 2.43 bits per heavy atom. The average molecular weight is 349 g/mol. The van der Waals surface area contributed by atoms with Crippen molar-refractivity contribution < 1.29 is 4.74 Å². The van der Waals surface area contributed by atoms with Crippen LogP contribution in [0.15, 0.2) is 34.8 Å². The van der Waals surface area contributed by atoms with Gasteiger partial charge in [0.2, 0.25) is 0 Å². The molecule has 0 bridgehead atoms. The minimum Gasteiger partial charge on any atom is -0.496 e. The molecule has 0 aliphatic carbocycles. The van der Waals surface area contributed by atoms with Gasteiger partial charge in [-0.25, -0.2) is 5.43 Å². The van der Waals surface area contributed by atoms with Crippen LogP contribution in [0.5, 0.6) is 5.75 Å². The van der Waals surface area contributed by atoms with Crippen LogP contribution in [0.1, 0.15) is 33.9 Å². The lowest BCUT2D eigenvalue weighted by Gasteiger charge is -2.23. The smallest absolute Gasteiger partial charge is 0.127 e. The van der Waals surface area contributed by atoms with Gasteiger partial charge in [0.15, 0.2) is 0 Å². The molecule has 2 aromatic rings. The molecule has 0 heterocycles. The van der Waals surface area contributed by atoms with E-state index < -0.39 is 0 Å². The zero-order chi connectivity index (χ0) is 15.6. The summed E-state index contributed by atoms with van der Waals surface area (Å²) in [6, 6.07) is 10.3. The van der Waals surface area contributed by atoms with Gasteiger partial charge in [0.1, 0.15) is 5.75 Å². The zero-order valence-electron chi connectivity index (χ0n) is 12.8. The lowest BCUT2D eigenvalue weighted by atomic mass is 9.94. The van der Waals surface area contributed by atoms with Crippen LogP contribution in [0.25, 0.3) is 0 Å². The molecule has 3 N–H and O–H groups in total. The summed E-state index contributed by atoms with van der Waals surface area (Å²) in [4.78, 5) is 0. The van der Waals surface area contributed by atoms with Crippen LogP contribution in [0.3, 0.4) is 0 Å². The molecule has 21 heavy (non-hydrogen) atoms. The molecule has 0 radical (unpaired) electrons. The minimum atomic E-state index is -0.131. The van der Waals surface area contributed by atoms with Gasteiger partial charge in [-0.15, -0.1) is 0 Å². The molecule has 0 aliphatic rings. The number of hydrazine groups is 1. The summed E-state index contributed by atoms with van der Waals surface area (Å²) in [5.74, 6) is 6.72. The van der Waals surface area contributed by atoms with Gasteiger partial charge < -0.3 is 4.74 Å². The number of benzene rings is 2.